The van der Waals surface area contributed by atoms with E-state index in [2.05, 4.69) is 34.3 Å². The van der Waals surface area contributed by atoms with Crippen LogP contribution in [0.3, 0.4) is 0 Å². The molecule has 32 heavy (non-hydrogen) atoms. The zero-order chi connectivity index (χ0) is 23.6. The Morgan fingerprint density at radius 2 is 1.66 bits per heavy atom. The molecule has 1 aliphatic carbocycles. The van der Waals surface area contributed by atoms with E-state index in [1.807, 2.05) is 31.3 Å². The van der Waals surface area contributed by atoms with Gasteiger partial charge in [-0.1, -0.05) is 32.0 Å². The minimum atomic E-state index is -0.467. The Balaban J connectivity index is 0.000000269. The SMILES string of the molecule is Cc1cn(-c2ccc(C(N)=O)c(Br)c2)c2c1C(=O)CC(C)(C)C2.NC(=O)c1ccccc1. The normalized spacial score (nSPS) is 14.2. The zero-order valence-electron chi connectivity index (χ0n) is 18.3. The lowest BCUT2D eigenvalue weighted by Gasteiger charge is -2.30. The van der Waals surface area contributed by atoms with Crippen molar-refractivity contribution in [1.29, 1.82) is 0 Å². The summed E-state index contributed by atoms with van der Waals surface area (Å²) in [6.07, 6.45) is 3.42. The summed E-state index contributed by atoms with van der Waals surface area (Å²) in [5.41, 5.74) is 15.1. The fourth-order valence-electron chi connectivity index (χ4n) is 3.96. The number of amides is 2. The molecular weight excluding hydrogens is 470 g/mol. The van der Waals surface area contributed by atoms with Gasteiger partial charge in [-0.3, -0.25) is 14.4 Å². The van der Waals surface area contributed by atoms with Crippen molar-refractivity contribution >= 4 is 33.5 Å². The van der Waals surface area contributed by atoms with Crippen LogP contribution in [0.4, 0.5) is 0 Å². The number of primary amides is 2. The van der Waals surface area contributed by atoms with Gasteiger partial charge in [0.25, 0.3) is 0 Å². The number of aromatic nitrogens is 1. The molecule has 6 nitrogen and oxygen atoms in total. The Morgan fingerprint density at radius 3 is 2.19 bits per heavy atom. The van der Waals surface area contributed by atoms with E-state index in [0.29, 0.717) is 22.0 Å². The maximum Gasteiger partial charge on any atom is 0.249 e. The highest BCUT2D eigenvalue weighted by Gasteiger charge is 2.34. The van der Waals surface area contributed by atoms with Crippen LogP contribution in [0.1, 0.15) is 62.6 Å². The molecule has 4 N–H and O–H groups in total. The number of nitrogens with two attached hydrogens (primary N) is 2. The lowest BCUT2D eigenvalue weighted by molar-refractivity contribution is 0.0908. The minimum Gasteiger partial charge on any atom is -0.366 e. The number of benzene rings is 2. The van der Waals surface area contributed by atoms with Crippen LogP contribution in [0, 0.1) is 12.3 Å². The molecule has 0 aliphatic heterocycles. The maximum absolute atomic E-state index is 12.5. The predicted molar refractivity (Wildman–Crippen MR) is 128 cm³/mol. The summed E-state index contributed by atoms with van der Waals surface area (Å²) in [5.74, 6) is -0.638. The van der Waals surface area contributed by atoms with Gasteiger partial charge in [-0.25, -0.2) is 0 Å². The van der Waals surface area contributed by atoms with Gasteiger partial charge < -0.3 is 16.0 Å². The average Bonchev–Trinajstić information content (AvgIpc) is 3.04. The quantitative estimate of drug-likeness (QED) is 0.554. The Bertz CT molecular complexity index is 1200. The van der Waals surface area contributed by atoms with Gasteiger partial charge in [0.05, 0.1) is 5.56 Å². The van der Waals surface area contributed by atoms with Crippen molar-refractivity contribution in [2.24, 2.45) is 16.9 Å². The second-order valence-electron chi connectivity index (χ2n) is 8.70. The van der Waals surface area contributed by atoms with Gasteiger partial charge in [0.2, 0.25) is 11.8 Å². The van der Waals surface area contributed by atoms with Crippen molar-refractivity contribution in [3.63, 3.8) is 0 Å². The van der Waals surface area contributed by atoms with Gasteiger partial charge in [0.15, 0.2) is 5.78 Å². The summed E-state index contributed by atoms with van der Waals surface area (Å²) in [5, 5.41) is 0. The molecule has 0 saturated carbocycles. The van der Waals surface area contributed by atoms with E-state index in [4.69, 9.17) is 11.5 Å². The van der Waals surface area contributed by atoms with Gasteiger partial charge in [-0.05, 0) is 70.6 Å². The molecule has 1 heterocycles. The van der Waals surface area contributed by atoms with E-state index in [9.17, 15) is 14.4 Å². The molecule has 0 spiro atoms. The lowest BCUT2D eigenvalue weighted by atomic mass is 9.75. The summed E-state index contributed by atoms with van der Waals surface area (Å²) in [4.78, 5) is 34.3. The summed E-state index contributed by atoms with van der Waals surface area (Å²) >= 11 is 3.40. The molecule has 166 valence electrons. The second kappa shape index (κ2) is 9.12. The largest absolute Gasteiger partial charge is 0.366 e. The van der Waals surface area contributed by atoms with Crippen molar-refractivity contribution in [2.45, 2.75) is 33.6 Å². The van der Waals surface area contributed by atoms with Gasteiger partial charge >= 0.3 is 0 Å². The molecule has 1 aromatic heterocycles. The number of fused-ring (bicyclic) bond motifs is 1. The van der Waals surface area contributed by atoms with Crippen LogP contribution in [0.5, 0.6) is 0 Å². The van der Waals surface area contributed by atoms with E-state index in [0.717, 1.165) is 28.9 Å². The number of rotatable bonds is 3. The fraction of sp³-hybridized carbons (Fsp3) is 0.240. The van der Waals surface area contributed by atoms with Crippen LogP contribution in [-0.2, 0) is 6.42 Å². The van der Waals surface area contributed by atoms with Crippen molar-refractivity contribution in [2.75, 3.05) is 0 Å². The van der Waals surface area contributed by atoms with Crippen molar-refractivity contribution < 1.29 is 14.4 Å². The highest BCUT2D eigenvalue weighted by Crippen LogP contribution is 2.38. The number of ketones is 1. The first-order valence-corrected chi connectivity index (χ1v) is 11.0. The van der Waals surface area contributed by atoms with Crippen LogP contribution in [0.2, 0.25) is 0 Å². The van der Waals surface area contributed by atoms with Crippen LogP contribution < -0.4 is 11.5 Å². The third-order valence-electron chi connectivity index (χ3n) is 5.42. The van der Waals surface area contributed by atoms with Crippen LogP contribution in [0.25, 0.3) is 5.69 Å². The molecule has 0 unspecified atom stereocenters. The number of hydrogen-bond donors (Lipinski definition) is 2. The number of carbonyl (C=O) groups excluding carboxylic acids is 3. The van der Waals surface area contributed by atoms with Crippen LogP contribution >= 0.6 is 15.9 Å². The summed E-state index contributed by atoms with van der Waals surface area (Å²) in [7, 11) is 0. The second-order valence-corrected chi connectivity index (χ2v) is 9.56. The van der Waals surface area contributed by atoms with Gasteiger partial charge in [-0.15, -0.1) is 0 Å². The maximum atomic E-state index is 12.5. The monoisotopic (exact) mass is 495 g/mol. The summed E-state index contributed by atoms with van der Waals surface area (Å²) in [6.45, 7) is 6.21. The Labute approximate surface area is 195 Å². The summed E-state index contributed by atoms with van der Waals surface area (Å²) in [6, 6.07) is 14.2. The number of hydrogen-bond acceptors (Lipinski definition) is 3. The van der Waals surface area contributed by atoms with Gasteiger partial charge in [-0.2, -0.15) is 0 Å². The van der Waals surface area contributed by atoms with Crippen molar-refractivity contribution in [1.82, 2.24) is 4.57 Å². The van der Waals surface area contributed by atoms with Crippen LogP contribution in [-0.4, -0.2) is 22.2 Å². The minimum absolute atomic E-state index is 0.0446. The van der Waals surface area contributed by atoms with E-state index >= 15 is 0 Å². The average molecular weight is 496 g/mol. The van der Waals surface area contributed by atoms with E-state index in [-0.39, 0.29) is 17.1 Å². The molecule has 3 aromatic rings. The molecule has 2 aromatic carbocycles. The fourth-order valence-corrected chi connectivity index (χ4v) is 4.53. The molecule has 0 radical (unpaired) electrons. The number of carbonyl (C=O) groups is 3. The molecule has 4 rings (SSSR count). The Hall–Kier alpha value is -3.19. The molecule has 7 heteroatoms. The van der Waals surface area contributed by atoms with E-state index < -0.39 is 5.91 Å². The Kier molecular flexibility index (Phi) is 6.69. The number of Topliss-reactive ketones (excluding diaryl/α,β-unsaturated/α-hetero) is 1. The van der Waals surface area contributed by atoms with E-state index in [1.54, 1.807) is 30.3 Å². The van der Waals surface area contributed by atoms with Crippen LogP contribution in [0.15, 0.2) is 59.2 Å². The number of halogens is 1. The van der Waals surface area contributed by atoms with Crippen molar-refractivity contribution in [3.8, 4) is 5.69 Å². The van der Waals surface area contributed by atoms with E-state index in [1.165, 1.54) is 0 Å². The third kappa shape index (κ3) is 4.99. The molecule has 0 bridgehead atoms. The first-order chi connectivity index (χ1) is 15.0. The van der Waals surface area contributed by atoms with Crippen molar-refractivity contribution in [3.05, 3.63) is 87.1 Å². The molecule has 0 fully saturated rings. The highest BCUT2D eigenvalue weighted by atomic mass is 79.9. The Morgan fingerprint density at radius 1 is 1.00 bits per heavy atom. The van der Waals surface area contributed by atoms with Gasteiger partial charge in [0, 0.05) is 39.6 Å². The first kappa shape index (κ1) is 23.5. The summed E-state index contributed by atoms with van der Waals surface area (Å²) < 4.78 is 2.71. The smallest absolute Gasteiger partial charge is 0.249 e. The zero-order valence-corrected chi connectivity index (χ0v) is 19.9. The lowest BCUT2D eigenvalue weighted by Crippen LogP contribution is -2.28. The topological polar surface area (TPSA) is 108 Å². The third-order valence-corrected chi connectivity index (χ3v) is 6.07. The molecular formula is C25H26BrN3O3. The number of nitrogens with zero attached hydrogens (tertiary/aromatic N) is 1. The highest BCUT2D eigenvalue weighted by molar-refractivity contribution is 9.10. The standard InChI is InChI=1S/C18H19BrN2O2.C7H7NO/c1-10-9-21(11-4-5-12(17(20)23)13(19)6-11)14-7-18(2,3)8-15(22)16(10)14;8-7(9)6-4-2-1-3-5-6/h4-6,9H,7-8H2,1-3H3,(H2,20,23);1-5H,(H2,8,9). The molecule has 1 aliphatic rings. The predicted octanol–water partition coefficient (Wildman–Crippen LogP) is 4.59. The van der Waals surface area contributed by atoms with Gasteiger partial charge in [0.1, 0.15) is 0 Å². The molecule has 2 amide bonds. The number of aryl methyl sites for hydroxylation is 1. The molecule has 0 atom stereocenters. The first-order valence-electron chi connectivity index (χ1n) is 10.2. The molecule has 0 saturated heterocycles.